The van der Waals surface area contributed by atoms with Crippen molar-refractivity contribution in [1.82, 2.24) is 15.2 Å². The number of H-pyrrole nitrogens is 1. The molecule has 2 amide bonds. The second-order valence-corrected chi connectivity index (χ2v) is 8.71. The van der Waals surface area contributed by atoms with Crippen LogP contribution in [0.3, 0.4) is 0 Å². The van der Waals surface area contributed by atoms with Gasteiger partial charge in [-0.25, -0.2) is 0 Å². The molecule has 0 unspecified atom stereocenters. The SMILES string of the molecule is O=C(Cc1c[nH]c2ccccc12)NCCN1C(=O)S/C(=C/c2ccc3c(c2)OCO3)C1=S. The number of rotatable bonds is 6. The van der Waals surface area contributed by atoms with Crippen LogP contribution in [0.15, 0.2) is 53.6 Å². The molecule has 1 aromatic heterocycles. The van der Waals surface area contributed by atoms with Gasteiger partial charge in [0.25, 0.3) is 5.24 Å². The van der Waals surface area contributed by atoms with Crippen LogP contribution in [-0.4, -0.2) is 45.9 Å². The van der Waals surface area contributed by atoms with Crippen molar-refractivity contribution in [1.29, 1.82) is 0 Å². The van der Waals surface area contributed by atoms with Gasteiger partial charge in [0.05, 0.1) is 11.3 Å². The minimum absolute atomic E-state index is 0.101. The molecule has 9 heteroatoms. The summed E-state index contributed by atoms with van der Waals surface area (Å²) >= 11 is 6.60. The molecular formula is C23H19N3O4S2. The van der Waals surface area contributed by atoms with Crippen molar-refractivity contribution < 1.29 is 19.1 Å². The summed E-state index contributed by atoms with van der Waals surface area (Å²) in [6.07, 6.45) is 3.99. The molecule has 1 saturated heterocycles. The summed E-state index contributed by atoms with van der Waals surface area (Å²) in [4.78, 5) is 30.7. The third kappa shape index (κ3) is 4.09. The molecule has 2 aromatic carbocycles. The van der Waals surface area contributed by atoms with E-state index in [4.69, 9.17) is 21.7 Å². The Morgan fingerprint density at radius 3 is 2.97 bits per heavy atom. The fraction of sp³-hybridized carbons (Fsp3) is 0.174. The summed E-state index contributed by atoms with van der Waals surface area (Å²) < 4.78 is 10.7. The van der Waals surface area contributed by atoms with Crippen LogP contribution in [0.4, 0.5) is 4.79 Å². The van der Waals surface area contributed by atoms with Gasteiger partial charge in [0, 0.05) is 30.2 Å². The maximum atomic E-state index is 12.5. The van der Waals surface area contributed by atoms with Crippen LogP contribution in [0.2, 0.25) is 0 Å². The predicted octanol–water partition coefficient (Wildman–Crippen LogP) is 4.09. The highest BCUT2D eigenvalue weighted by molar-refractivity contribution is 8.19. The highest BCUT2D eigenvalue weighted by atomic mass is 32.2. The highest BCUT2D eigenvalue weighted by Crippen LogP contribution is 2.36. The Hall–Kier alpha value is -3.30. The van der Waals surface area contributed by atoms with Gasteiger partial charge in [-0.05, 0) is 47.2 Å². The van der Waals surface area contributed by atoms with Gasteiger partial charge in [-0.2, -0.15) is 0 Å². The number of nitrogens with zero attached hydrogens (tertiary/aromatic N) is 1. The average molecular weight is 466 g/mol. The van der Waals surface area contributed by atoms with Gasteiger partial charge in [-0.15, -0.1) is 0 Å². The van der Waals surface area contributed by atoms with Crippen LogP contribution < -0.4 is 14.8 Å². The van der Waals surface area contributed by atoms with Gasteiger partial charge in [0.15, 0.2) is 11.5 Å². The molecule has 162 valence electrons. The third-order valence-electron chi connectivity index (χ3n) is 5.25. The summed E-state index contributed by atoms with van der Waals surface area (Å²) in [6, 6.07) is 13.4. The van der Waals surface area contributed by atoms with Gasteiger partial charge in [0.2, 0.25) is 12.7 Å². The number of thiocarbonyl (C=S) groups is 1. The molecule has 7 nitrogen and oxygen atoms in total. The number of hydrogen-bond donors (Lipinski definition) is 2. The van der Waals surface area contributed by atoms with Gasteiger partial charge < -0.3 is 19.8 Å². The van der Waals surface area contributed by atoms with E-state index in [0.717, 1.165) is 33.8 Å². The zero-order valence-electron chi connectivity index (χ0n) is 16.9. The zero-order valence-corrected chi connectivity index (χ0v) is 18.6. The lowest BCUT2D eigenvalue weighted by Crippen LogP contribution is -2.37. The van der Waals surface area contributed by atoms with Crippen molar-refractivity contribution in [3.05, 3.63) is 64.7 Å². The summed E-state index contributed by atoms with van der Waals surface area (Å²) in [5.74, 6) is 1.28. The molecule has 2 N–H and O–H groups in total. The van der Waals surface area contributed by atoms with Crippen molar-refractivity contribution in [2.45, 2.75) is 6.42 Å². The van der Waals surface area contributed by atoms with E-state index in [0.29, 0.717) is 34.5 Å². The monoisotopic (exact) mass is 465 g/mol. The fourth-order valence-electron chi connectivity index (χ4n) is 3.67. The number of aromatic amines is 1. The number of amides is 2. The normalized spacial score (nSPS) is 16.4. The van der Waals surface area contributed by atoms with E-state index in [-0.39, 0.29) is 24.4 Å². The molecular weight excluding hydrogens is 446 g/mol. The van der Waals surface area contributed by atoms with Crippen molar-refractivity contribution >= 4 is 57.1 Å². The lowest BCUT2D eigenvalue weighted by Gasteiger charge is -2.15. The number of nitrogens with one attached hydrogen (secondary N) is 2. The number of para-hydroxylation sites is 1. The van der Waals surface area contributed by atoms with E-state index in [1.54, 1.807) is 0 Å². The van der Waals surface area contributed by atoms with Gasteiger partial charge in [0.1, 0.15) is 4.99 Å². The third-order valence-corrected chi connectivity index (χ3v) is 6.75. The molecule has 0 saturated carbocycles. The van der Waals surface area contributed by atoms with E-state index in [1.807, 2.05) is 54.7 Å². The second kappa shape index (κ2) is 8.68. The molecule has 2 aliphatic rings. The quantitative estimate of drug-likeness (QED) is 0.421. The average Bonchev–Trinajstić information content (AvgIpc) is 3.48. The number of fused-ring (bicyclic) bond motifs is 2. The molecule has 5 rings (SSSR count). The first-order chi connectivity index (χ1) is 15.6. The minimum atomic E-state index is -0.145. The zero-order chi connectivity index (χ0) is 22.1. The van der Waals surface area contributed by atoms with Crippen molar-refractivity contribution in [3.63, 3.8) is 0 Å². The largest absolute Gasteiger partial charge is 0.454 e. The predicted molar refractivity (Wildman–Crippen MR) is 128 cm³/mol. The van der Waals surface area contributed by atoms with E-state index in [9.17, 15) is 9.59 Å². The number of thioether (sulfide) groups is 1. The molecule has 3 aromatic rings. The molecule has 32 heavy (non-hydrogen) atoms. The summed E-state index contributed by atoms with van der Waals surface area (Å²) in [7, 11) is 0. The molecule has 0 spiro atoms. The van der Waals surface area contributed by atoms with E-state index >= 15 is 0 Å². The Balaban J connectivity index is 1.17. The molecule has 0 aliphatic carbocycles. The first kappa shape index (κ1) is 20.6. The van der Waals surface area contributed by atoms with Crippen LogP contribution >= 0.6 is 24.0 Å². The standard InChI is InChI=1S/C23H19N3O4S2/c27-21(11-15-12-25-17-4-2-1-3-16(15)17)24-7-8-26-22(31)20(32-23(26)28)10-14-5-6-18-19(9-14)30-13-29-18/h1-6,9-10,12,25H,7-8,11,13H2,(H,24,27)/b20-10+. The van der Waals surface area contributed by atoms with Gasteiger partial charge >= 0.3 is 0 Å². The Bertz CT molecular complexity index is 1270. The maximum absolute atomic E-state index is 12.5. The topological polar surface area (TPSA) is 83.7 Å². The first-order valence-electron chi connectivity index (χ1n) is 10.1. The van der Waals surface area contributed by atoms with E-state index in [2.05, 4.69) is 10.3 Å². The summed E-state index contributed by atoms with van der Waals surface area (Å²) in [6.45, 7) is 0.856. The number of carbonyl (C=O) groups is 2. The van der Waals surface area contributed by atoms with Gasteiger partial charge in [-0.3, -0.25) is 14.5 Å². The lowest BCUT2D eigenvalue weighted by molar-refractivity contribution is -0.120. The Morgan fingerprint density at radius 1 is 1.22 bits per heavy atom. The van der Waals surface area contributed by atoms with E-state index < -0.39 is 0 Å². The molecule has 0 radical (unpaired) electrons. The smallest absolute Gasteiger partial charge is 0.291 e. The molecule has 2 aliphatic heterocycles. The second-order valence-electron chi connectivity index (χ2n) is 7.33. The molecule has 0 bridgehead atoms. The Morgan fingerprint density at radius 2 is 2.06 bits per heavy atom. The highest BCUT2D eigenvalue weighted by Gasteiger charge is 2.31. The van der Waals surface area contributed by atoms with Crippen molar-refractivity contribution in [3.8, 4) is 11.5 Å². The Labute approximate surface area is 193 Å². The van der Waals surface area contributed by atoms with Crippen LogP contribution in [0.25, 0.3) is 17.0 Å². The number of hydrogen-bond acceptors (Lipinski definition) is 6. The number of aromatic nitrogens is 1. The summed E-state index contributed by atoms with van der Waals surface area (Å²) in [5, 5.41) is 3.77. The fourth-order valence-corrected chi connectivity index (χ4v) is 4.96. The van der Waals surface area contributed by atoms with Crippen molar-refractivity contribution in [2.24, 2.45) is 0 Å². The molecule has 0 atom stereocenters. The molecule has 3 heterocycles. The lowest BCUT2D eigenvalue weighted by atomic mass is 10.1. The Kier molecular flexibility index (Phi) is 5.59. The van der Waals surface area contributed by atoms with E-state index in [1.165, 1.54) is 4.90 Å². The summed E-state index contributed by atoms with van der Waals surface area (Å²) in [5.41, 5.74) is 2.82. The van der Waals surface area contributed by atoms with Crippen molar-refractivity contribution in [2.75, 3.05) is 19.9 Å². The van der Waals surface area contributed by atoms with Gasteiger partial charge in [-0.1, -0.05) is 36.5 Å². The van der Waals surface area contributed by atoms with Crippen LogP contribution in [0.5, 0.6) is 11.5 Å². The minimum Gasteiger partial charge on any atom is -0.454 e. The number of ether oxygens (including phenoxy) is 2. The van der Waals surface area contributed by atoms with Crippen LogP contribution in [0.1, 0.15) is 11.1 Å². The molecule has 1 fully saturated rings. The number of benzene rings is 2. The first-order valence-corrected chi connectivity index (χ1v) is 11.3. The maximum Gasteiger partial charge on any atom is 0.291 e. The van der Waals surface area contributed by atoms with Crippen LogP contribution in [-0.2, 0) is 11.2 Å². The number of carbonyl (C=O) groups excluding carboxylic acids is 2. The van der Waals surface area contributed by atoms with Crippen LogP contribution in [0, 0.1) is 0 Å².